The predicted molar refractivity (Wildman–Crippen MR) is 106 cm³/mol. The molecule has 0 saturated carbocycles. The van der Waals surface area contributed by atoms with Crippen molar-refractivity contribution in [1.29, 1.82) is 0 Å². The van der Waals surface area contributed by atoms with E-state index in [9.17, 15) is 19.5 Å². The molecule has 0 aromatic heterocycles. The first-order valence-electron chi connectivity index (χ1n) is 8.83. The molecule has 0 saturated heterocycles. The van der Waals surface area contributed by atoms with Gasteiger partial charge in [0.1, 0.15) is 5.75 Å². The van der Waals surface area contributed by atoms with Crippen LogP contribution in [0.3, 0.4) is 0 Å². The van der Waals surface area contributed by atoms with E-state index in [0.717, 1.165) is 0 Å². The molecule has 28 heavy (non-hydrogen) atoms. The Morgan fingerprint density at radius 1 is 0.821 bits per heavy atom. The SMILES string of the molecule is O=C(CCNC(=O)c1ccc(Cl)cc1)NCCCNC(=O)c1cccc(O)c1. The van der Waals surface area contributed by atoms with Crippen molar-refractivity contribution >= 4 is 29.3 Å². The molecule has 4 N–H and O–H groups in total. The highest BCUT2D eigenvalue weighted by atomic mass is 35.5. The van der Waals surface area contributed by atoms with Gasteiger partial charge in [0.05, 0.1) is 0 Å². The maximum absolute atomic E-state index is 11.9. The first kappa shape index (κ1) is 21.2. The van der Waals surface area contributed by atoms with Gasteiger partial charge in [-0.3, -0.25) is 14.4 Å². The Hall–Kier alpha value is -3.06. The molecule has 0 unspecified atom stereocenters. The van der Waals surface area contributed by atoms with Gasteiger partial charge in [0, 0.05) is 42.2 Å². The van der Waals surface area contributed by atoms with Gasteiger partial charge >= 0.3 is 0 Å². The van der Waals surface area contributed by atoms with Crippen molar-refractivity contribution < 1.29 is 19.5 Å². The lowest BCUT2D eigenvalue weighted by Crippen LogP contribution is -2.32. The second-order valence-electron chi connectivity index (χ2n) is 6.02. The third kappa shape index (κ3) is 7.28. The summed E-state index contributed by atoms with van der Waals surface area (Å²) in [4.78, 5) is 35.5. The number of rotatable bonds is 9. The summed E-state index contributed by atoms with van der Waals surface area (Å²) in [6.45, 7) is 1.02. The molecule has 0 bridgehead atoms. The number of phenolic OH excluding ortho intramolecular Hbond substituents is 1. The number of hydrogen-bond donors (Lipinski definition) is 4. The summed E-state index contributed by atoms with van der Waals surface area (Å²) in [6, 6.07) is 12.6. The van der Waals surface area contributed by atoms with E-state index in [4.69, 9.17) is 11.6 Å². The quantitative estimate of drug-likeness (QED) is 0.481. The smallest absolute Gasteiger partial charge is 0.251 e. The Bertz CT molecular complexity index is 824. The monoisotopic (exact) mass is 403 g/mol. The van der Waals surface area contributed by atoms with Crippen LogP contribution >= 0.6 is 11.6 Å². The lowest BCUT2D eigenvalue weighted by atomic mass is 10.2. The van der Waals surface area contributed by atoms with Gasteiger partial charge in [-0.1, -0.05) is 17.7 Å². The minimum atomic E-state index is -0.285. The second kappa shape index (κ2) is 10.9. The van der Waals surface area contributed by atoms with Gasteiger partial charge in [0.25, 0.3) is 11.8 Å². The molecule has 0 fully saturated rings. The van der Waals surface area contributed by atoms with Gasteiger partial charge < -0.3 is 21.1 Å². The molecule has 0 aliphatic carbocycles. The van der Waals surface area contributed by atoms with Gasteiger partial charge in [-0.05, 0) is 48.9 Å². The van der Waals surface area contributed by atoms with Crippen molar-refractivity contribution in [3.63, 3.8) is 0 Å². The van der Waals surface area contributed by atoms with Crippen LogP contribution in [0.1, 0.15) is 33.6 Å². The summed E-state index contributed by atoms with van der Waals surface area (Å²) < 4.78 is 0. The maximum atomic E-state index is 11.9. The van der Waals surface area contributed by atoms with E-state index >= 15 is 0 Å². The van der Waals surface area contributed by atoms with Gasteiger partial charge in [-0.25, -0.2) is 0 Å². The van der Waals surface area contributed by atoms with Crippen LogP contribution in [0.15, 0.2) is 48.5 Å². The normalized spacial score (nSPS) is 10.2. The van der Waals surface area contributed by atoms with Gasteiger partial charge in [-0.15, -0.1) is 0 Å². The number of halogens is 1. The van der Waals surface area contributed by atoms with Crippen molar-refractivity contribution in [2.75, 3.05) is 19.6 Å². The van der Waals surface area contributed by atoms with Crippen molar-refractivity contribution in [2.24, 2.45) is 0 Å². The number of phenols is 1. The molecule has 3 amide bonds. The number of carbonyl (C=O) groups excluding carboxylic acids is 3. The number of nitrogens with one attached hydrogen (secondary N) is 3. The Morgan fingerprint density at radius 3 is 2.18 bits per heavy atom. The largest absolute Gasteiger partial charge is 0.508 e. The molecule has 0 aliphatic heterocycles. The molecule has 0 atom stereocenters. The average Bonchev–Trinajstić information content (AvgIpc) is 2.68. The molecule has 148 valence electrons. The van der Waals surface area contributed by atoms with Crippen LogP contribution in [0.4, 0.5) is 0 Å². The summed E-state index contributed by atoms with van der Waals surface area (Å²) >= 11 is 5.77. The van der Waals surface area contributed by atoms with Crippen LogP contribution in [-0.4, -0.2) is 42.5 Å². The van der Waals surface area contributed by atoms with Crippen molar-refractivity contribution in [1.82, 2.24) is 16.0 Å². The zero-order valence-electron chi connectivity index (χ0n) is 15.2. The highest BCUT2D eigenvalue weighted by Gasteiger charge is 2.07. The molecular weight excluding hydrogens is 382 g/mol. The van der Waals surface area contributed by atoms with E-state index < -0.39 is 0 Å². The first-order chi connectivity index (χ1) is 13.5. The third-order valence-electron chi connectivity index (χ3n) is 3.81. The predicted octanol–water partition coefficient (Wildman–Crippen LogP) is 2.10. The summed E-state index contributed by atoms with van der Waals surface area (Å²) in [6.07, 6.45) is 0.725. The summed E-state index contributed by atoms with van der Waals surface area (Å²) in [7, 11) is 0. The average molecular weight is 404 g/mol. The van der Waals surface area contributed by atoms with Crippen LogP contribution in [0.5, 0.6) is 5.75 Å². The van der Waals surface area contributed by atoms with Crippen LogP contribution in [0.25, 0.3) is 0 Å². The second-order valence-corrected chi connectivity index (χ2v) is 6.46. The summed E-state index contributed by atoms with van der Waals surface area (Å²) in [5.41, 5.74) is 0.854. The van der Waals surface area contributed by atoms with Crippen LogP contribution in [-0.2, 0) is 4.79 Å². The van der Waals surface area contributed by atoms with Crippen molar-refractivity contribution in [2.45, 2.75) is 12.8 Å². The first-order valence-corrected chi connectivity index (χ1v) is 9.21. The third-order valence-corrected chi connectivity index (χ3v) is 4.07. The molecule has 0 aliphatic rings. The molecule has 0 radical (unpaired) electrons. The number of hydrogen-bond acceptors (Lipinski definition) is 4. The van der Waals surface area contributed by atoms with Gasteiger partial charge in [0.15, 0.2) is 0 Å². The molecule has 2 aromatic carbocycles. The summed E-state index contributed by atoms with van der Waals surface area (Å²) in [5.74, 6) is -0.704. The molecule has 0 heterocycles. The lowest BCUT2D eigenvalue weighted by molar-refractivity contribution is -0.120. The highest BCUT2D eigenvalue weighted by molar-refractivity contribution is 6.30. The number of aromatic hydroxyl groups is 1. The Morgan fingerprint density at radius 2 is 1.46 bits per heavy atom. The highest BCUT2D eigenvalue weighted by Crippen LogP contribution is 2.10. The van der Waals surface area contributed by atoms with Crippen molar-refractivity contribution in [3.8, 4) is 5.75 Å². The maximum Gasteiger partial charge on any atom is 0.251 e. The molecule has 0 spiro atoms. The van der Waals surface area contributed by atoms with Crippen molar-refractivity contribution in [3.05, 3.63) is 64.7 Å². The van der Waals surface area contributed by atoms with E-state index in [1.54, 1.807) is 36.4 Å². The Labute approximate surface area is 168 Å². The molecule has 2 aromatic rings. The van der Waals surface area contributed by atoms with Gasteiger partial charge in [0.2, 0.25) is 5.91 Å². The molecule has 2 rings (SSSR count). The number of amides is 3. The van der Waals surface area contributed by atoms with E-state index in [0.29, 0.717) is 35.7 Å². The van der Waals surface area contributed by atoms with E-state index in [-0.39, 0.29) is 36.4 Å². The molecular formula is C20H22ClN3O4. The minimum absolute atomic E-state index is 0.0306. The fourth-order valence-electron chi connectivity index (χ4n) is 2.35. The van der Waals surface area contributed by atoms with E-state index in [1.165, 1.54) is 12.1 Å². The fraction of sp³-hybridized carbons (Fsp3) is 0.250. The zero-order valence-corrected chi connectivity index (χ0v) is 16.0. The molecule has 8 heteroatoms. The fourth-order valence-corrected chi connectivity index (χ4v) is 2.47. The number of carbonyl (C=O) groups is 3. The Balaban J connectivity index is 1.55. The topological polar surface area (TPSA) is 108 Å². The summed E-state index contributed by atoms with van der Waals surface area (Å²) in [5, 5.41) is 18.0. The van der Waals surface area contributed by atoms with Crippen LogP contribution in [0, 0.1) is 0 Å². The minimum Gasteiger partial charge on any atom is -0.508 e. The Kier molecular flexibility index (Phi) is 8.30. The molecule has 7 nitrogen and oxygen atoms in total. The number of benzene rings is 2. The van der Waals surface area contributed by atoms with E-state index in [1.807, 2.05) is 0 Å². The lowest BCUT2D eigenvalue weighted by Gasteiger charge is -2.08. The zero-order chi connectivity index (χ0) is 20.4. The van der Waals surface area contributed by atoms with E-state index in [2.05, 4.69) is 16.0 Å². The van der Waals surface area contributed by atoms with Crippen LogP contribution < -0.4 is 16.0 Å². The van der Waals surface area contributed by atoms with Gasteiger partial charge in [-0.2, -0.15) is 0 Å². The standard InChI is InChI=1S/C20H22ClN3O4/c21-16-7-5-14(6-8-16)19(27)24-12-9-18(26)22-10-2-11-23-20(28)15-3-1-4-17(25)13-15/h1,3-8,13,25H,2,9-12H2,(H,22,26)(H,23,28)(H,24,27). The van der Waals surface area contributed by atoms with Crippen LogP contribution in [0.2, 0.25) is 5.02 Å².